The Balaban J connectivity index is 1.63. The maximum Gasteiger partial charge on any atom is 0.131 e. The fraction of sp³-hybridized carbons (Fsp3) is 0.762. The van der Waals surface area contributed by atoms with Crippen molar-refractivity contribution in [3.05, 3.63) is 18.2 Å². The number of anilines is 2. The zero-order valence-corrected chi connectivity index (χ0v) is 18.4. The Morgan fingerprint density at radius 2 is 0.767 bits per heavy atom. The number of nitrogens with zero attached hydrogens (tertiary/aromatic N) is 3. The average molecular weight is 420 g/mol. The number of nitrogens with one attached hydrogen (secondary N) is 6. The molecule has 0 bridgehead atoms. The first-order chi connectivity index (χ1) is 14.9. The molecular weight excluding hydrogens is 378 g/mol. The fourth-order valence-corrected chi connectivity index (χ4v) is 3.76. The third-order valence-corrected chi connectivity index (χ3v) is 5.52. The summed E-state index contributed by atoms with van der Waals surface area (Å²) in [5.74, 6) is 2.14. The second-order valence-electron chi connectivity index (χ2n) is 7.83. The van der Waals surface area contributed by atoms with Gasteiger partial charge in [0.1, 0.15) is 11.6 Å². The first-order valence-corrected chi connectivity index (χ1v) is 11.6. The molecule has 0 radical (unpaired) electrons. The lowest BCUT2D eigenvalue weighted by Gasteiger charge is -2.28. The minimum atomic E-state index is 0.967. The van der Waals surface area contributed by atoms with Crippen LogP contribution in [0.4, 0.5) is 11.6 Å². The molecule has 9 nitrogen and oxygen atoms in total. The van der Waals surface area contributed by atoms with Crippen LogP contribution in [0.5, 0.6) is 0 Å². The maximum atomic E-state index is 5.07. The number of aromatic nitrogens is 1. The summed E-state index contributed by atoms with van der Waals surface area (Å²) < 4.78 is 0. The smallest absolute Gasteiger partial charge is 0.131 e. The van der Waals surface area contributed by atoms with E-state index in [-0.39, 0.29) is 0 Å². The highest BCUT2D eigenvalue weighted by Gasteiger charge is 2.13. The van der Waals surface area contributed by atoms with Crippen LogP contribution in [0, 0.1) is 0 Å². The molecule has 0 amide bonds. The van der Waals surface area contributed by atoms with Gasteiger partial charge >= 0.3 is 0 Å². The van der Waals surface area contributed by atoms with Crippen molar-refractivity contribution in [1.29, 1.82) is 0 Å². The van der Waals surface area contributed by atoms with Crippen molar-refractivity contribution in [2.75, 3.05) is 115 Å². The molecule has 2 saturated heterocycles. The first kappa shape index (κ1) is 23.2. The summed E-state index contributed by atoms with van der Waals surface area (Å²) in [4.78, 5) is 9.87. The van der Waals surface area contributed by atoms with Crippen molar-refractivity contribution in [3.8, 4) is 0 Å². The van der Waals surface area contributed by atoms with Gasteiger partial charge in [-0.05, 0) is 12.1 Å². The zero-order chi connectivity index (χ0) is 20.7. The van der Waals surface area contributed by atoms with E-state index in [0.717, 1.165) is 116 Å². The van der Waals surface area contributed by atoms with E-state index >= 15 is 0 Å². The summed E-state index contributed by atoms with van der Waals surface area (Å²) in [6.45, 7) is 15.8. The molecule has 1 aromatic rings. The van der Waals surface area contributed by atoms with Gasteiger partial charge in [0, 0.05) is 105 Å². The van der Waals surface area contributed by atoms with Crippen molar-refractivity contribution < 1.29 is 0 Å². The van der Waals surface area contributed by atoms with Gasteiger partial charge in [0.2, 0.25) is 0 Å². The van der Waals surface area contributed by atoms with Crippen LogP contribution in [-0.4, -0.2) is 110 Å². The Morgan fingerprint density at radius 1 is 0.467 bits per heavy atom. The van der Waals surface area contributed by atoms with E-state index in [0.29, 0.717) is 0 Å². The van der Waals surface area contributed by atoms with E-state index in [1.165, 1.54) is 0 Å². The molecule has 0 unspecified atom stereocenters. The number of pyridine rings is 1. The molecule has 0 atom stereocenters. The van der Waals surface area contributed by atoms with Crippen LogP contribution in [-0.2, 0) is 0 Å². The van der Waals surface area contributed by atoms with Gasteiger partial charge in [0.15, 0.2) is 0 Å². The highest BCUT2D eigenvalue weighted by atomic mass is 15.3. The fourth-order valence-electron chi connectivity index (χ4n) is 3.76. The van der Waals surface area contributed by atoms with Crippen molar-refractivity contribution in [3.63, 3.8) is 0 Å². The molecular formula is C21H41N9. The van der Waals surface area contributed by atoms with Gasteiger partial charge in [-0.2, -0.15) is 0 Å². The summed E-state index contributed by atoms with van der Waals surface area (Å²) in [5.41, 5.74) is 0. The maximum absolute atomic E-state index is 5.07. The average Bonchev–Trinajstić information content (AvgIpc) is 2.75. The van der Waals surface area contributed by atoms with Gasteiger partial charge in [-0.15, -0.1) is 0 Å². The zero-order valence-electron chi connectivity index (χ0n) is 18.4. The van der Waals surface area contributed by atoms with Gasteiger partial charge in [0.05, 0.1) is 0 Å². The molecule has 2 fully saturated rings. The Labute approximate surface area is 181 Å². The molecule has 0 aromatic carbocycles. The van der Waals surface area contributed by atoms with Crippen LogP contribution in [0.1, 0.15) is 0 Å². The predicted octanol–water partition coefficient (Wildman–Crippen LogP) is -1.74. The van der Waals surface area contributed by atoms with Crippen molar-refractivity contribution in [1.82, 2.24) is 36.9 Å². The lowest BCUT2D eigenvalue weighted by atomic mass is 10.3. The first-order valence-electron chi connectivity index (χ1n) is 11.6. The highest BCUT2D eigenvalue weighted by molar-refractivity contribution is 5.49. The molecule has 1 aromatic heterocycles. The van der Waals surface area contributed by atoms with Gasteiger partial charge < -0.3 is 41.7 Å². The predicted molar refractivity (Wildman–Crippen MR) is 126 cm³/mol. The van der Waals surface area contributed by atoms with E-state index in [9.17, 15) is 0 Å². The second-order valence-corrected chi connectivity index (χ2v) is 7.83. The Morgan fingerprint density at radius 3 is 1.10 bits per heavy atom. The van der Waals surface area contributed by atoms with Crippen LogP contribution in [0.25, 0.3) is 0 Å². The summed E-state index contributed by atoms with van der Waals surface area (Å²) in [6, 6.07) is 6.45. The summed E-state index contributed by atoms with van der Waals surface area (Å²) in [6.07, 6.45) is 0. The SMILES string of the molecule is c1cc(N2CCNCCNCCNCC2)nc(N2CCNCCNCCNCC2)c1. The molecule has 0 spiro atoms. The lowest BCUT2D eigenvalue weighted by molar-refractivity contribution is 0.553. The Hall–Kier alpha value is -1.49. The van der Waals surface area contributed by atoms with Gasteiger partial charge in [-0.1, -0.05) is 6.07 Å². The van der Waals surface area contributed by atoms with Crippen LogP contribution in [0.2, 0.25) is 0 Å². The van der Waals surface area contributed by atoms with E-state index in [1.54, 1.807) is 0 Å². The van der Waals surface area contributed by atoms with Gasteiger partial charge in [-0.25, -0.2) is 4.98 Å². The molecule has 170 valence electrons. The third kappa shape index (κ3) is 8.71. The largest absolute Gasteiger partial charge is 0.354 e. The van der Waals surface area contributed by atoms with Crippen LogP contribution >= 0.6 is 0 Å². The lowest BCUT2D eigenvalue weighted by Crippen LogP contribution is -2.43. The van der Waals surface area contributed by atoms with E-state index in [4.69, 9.17) is 4.98 Å². The summed E-state index contributed by atoms with van der Waals surface area (Å²) in [5, 5.41) is 21.0. The van der Waals surface area contributed by atoms with Crippen LogP contribution in [0.3, 0.4) is 0 Å². The van der Waals surface area contributed by atoms with Crippen molar-refractivity contribution in [2.45, 2.75) is 0 Å². The molecule has 2 aliphatic rings. The van der Waals surface area contributed by atoms with E-state index < -0.39 is 0 Å². The quantitative estimate of drug-likeness (QED) is 0.334. The Kier molecular flexibility index (Phi) is 11.2. The Bertz CT molecular complexity index is 502. The molecule has 3 heterocycles. The molecule has 30 heavy (non-hydrogen) atoms. The molecule has 0 aliphatic carbocycles. The van der Waals surface area contributed by atoms with Crippen LogP contribution in [0.15, 0.2) is 18.2 Å². The second kappa shape index (κ2) is 14.5. The standard InChI is InChI=1S/C21H41N9/c1-2-20(29-16-12-24-8-4-22-5-9-25-13-17-29)28-21(3-1)30-18-14-26-10-6-23-7-11-27-15-19-30/h1-3,22-27H,4-19H2. The molecule has 2 aliphatic heterocycles. The minimum absolute atomic E-state index is 0.967. The van der Waals surface area contributed by atoms with Crippen LogP contribution < -0.4 is 41.7 Å². The molecule has 3 rings (SSSR count). The third-order valence-electron chi connectivity index (χ3n) is 5.52. The summed E-state index contributed by atoms with van der Waals surface area (Å²) in [7, 11) is 0. The normalized spacial score (nSPS) is 22.3. The highest BCUT2D eigenvalue weighted by Crippen LogP contribution is 2.17. The number of hydrogen-bond donors (Lipinski definition) is 6. The topological polar surface area (TPSA) is 91.5 Å². The molecule has 0 saturated carbocycles. The van der Waals surface area contributed by atoms with Gasteiger partial charge in [0.25, 0.3) is 0 Å². The monoisotopic (exact) mass is 419 g/mol. The van der Waals surface area contributed by atoms with E-state index in [2.05, 4.69) is 59.9 Å². The molecule has 9 heteroatoms. The molecule has 6 N–H and O–H groups in total. The minimum Gasteiger partial charge on any atom is -0.354 e. The summed E-state index contributed by atoms with van der Waals surface area (Å²) >= 11 is 0. The number of rotatable bonds is 2. The van der Waals surface area contributed by atoms with Crippen molar-refractivity contribution in [2.24, 2.45) is 0 Å². The van der Waals surface area contributed by atoms with Crippen molar-refractivity contribution >= 4 is 11.6 Å². The van der Waals surface area contributed by atoms with Gasteiger partial charge in [-0.3, -0.25) is 0 Å². The van der Waals surface area contributed by atoms with E-state index in [1.807, 2.05) is 0 Å². The number of hydrogen-bond acceptors (Lipinski definition) is 9.